The molecule has 0 amide bonds. The Bertz CT molecular complexity index is 961. The summed E-state index contributed by atoms with van der Waals surface area (Å²) in [6.45, 7) is 11.7. The van der Waals surface area contributed by atoms with Crippen LogP contribution in [0.25, 0.3) is 0 Å². The van der Waals surface area contributed by atoms with Gasteiger partial charge in [0.2, 0.25) is 0 Å². The first-order valence-electron chi connectivity index (χ1n) is 13.0. The van der Waals surface area contributed by atoms with Gasteiger partial charge in [-0.3, -0.25) is 9.89 Å². The van der Waals surface area contributed by atoms with Gasteiger partial charge in [0.1, 0.15) is 11.5 Å². The Morgan fingerprint density at radius 3 is 2.52 bits per heavy atom. The van der Waals surface area contributed by atoms with E-state index in [1.165, 1.54) is 5.57 Å². The molecule has 0 spiro atoms. The van der Waals surface area contributed by atoms with Crippen LogP contribution < -0.4 is 0 Å². The number of unbranched alkanes of at least 4 members (excludes halogenated alkanes) is 2. The van der Waals surface area contributed by atoms with E-state index in [0.29, 0.717) is 11.3 Å². The highest BCUT2D eigenvalue weighted by Crippen LogP contribution is 2.55. The molecule has 33 heavy (non-hydrogen) atoms. The second-order valence-electron chi connectivity index (χ2n) is 10.6. The van der Waals surface area contributed by atoms with E-state index in [1.54, 1.807) is 0 Å². The SMILES string of the molecule is C=C(C)C1CC(C)=CC1c1c(O)c(C2CCC=N2)c(CCCCC)c([C@@H]2CCCN2C)c1O. The van der Waals surface area contributed by atoms with Gasteiger partial charge >= 0.3 is 0 Å². The Morgan fingerprint density at radius 2 is 1.91 bits per heavy atom. The maximum atomic E-state index is 11.9. The number of phenolic OH excluding ortho intramolecular Hbond substituents is 2. The first-order chi connectivity index (χ1) is 15.8. The molecule has 1 saturated heterocycles. The molecule has 0 bridgehead atoms. The van der Waals surface area contributed by atoms with Gasteiger partial charge in [-0.15, -0.1) is 0 Å². The van der Waals surface area contributed by atoms with Gasteiger partial charge in [0.15, 0.2) is 0 Å². The van der Waals surface area contributed by atoms with E-state index < -0.39 is 0 Å². The van der Waals surface area contributed by atoms with Gasteiger partial charge < -0.3 is 10.2 Å². The third-order valence-corrected chi connectivity index (χ3v) is 8.15. The summed E-state index contributed by atoms with van der Waals surface area (Å²) in [6, 6.07) is 0.182. The lowest BCUT2D eigenvalue weighted by atomic mass is 9.77. The quantitative estimate of drug-likeness (QED) is 0.327. The summed E-state index contributed by atoms with van der Waals surface area (Å²) in [5, 5.41) is 23.8. The van der Waals surface area contributed by atoms with Gasteiger partial charge in [-0.2, -0.15) is 0 Å². The van der Waals surface area contributed by atoms with Gasteiger partial charge in [-0.05, 0) is 90.1 Å². The smallest absolute Gasteiger partial charge is 0.128 e. The van der Waals surface area contributed by atoms with Gasteiger partial charge in [0.05, 0.1) is 6.04 Å². The first kappa shape index (κ1) is 24.1. The predicted octanol–water partition coefficient (Wildman–Crippen LogP) is 7.13. The Hall–Kier alpha value is -2.07. The van der Waals surface area contributed by atoms with Crippen LogP contribution >= 0.6 is 0 Å². The molecule has 180 valence electrons. The van der Waals surface area contributed by atoms with Gasteiger partial charge in [0, 0.05) is 28.7 Å². The molecule has 2 N–H and O–H groups in total. The van der Waals surface area contributed by atoms with Crippen molar-refractivity contribution in [3.05, 3.63) is 46.1 Å². The van der Waals surface area contributed by atoms with E-state index in [1.807, 2.05) is 6.21 Å². The summed E-state index contributed by atoms with van der Waals surface area (Å²) in [6.07, 6.45) is 13.5. The number of likely N-dealkylation sites (tertiary alicyclic amines) is 1. The van der Waals surface area contributed by atoms with Crippen LogP contribution in [-0.2, 0) is 6.42 Å². The van der Waals surface area contributed by atoms with Crippen molar-refractivity contribution in [2.24, 2.45) is 10.9 Å². The van der Waals surface area contributed by atoms with E-state index in [0.717, 1.165) is 86.6 Å². The van der Waals surface area contributed by atoms with Crippen LogP contribution in [0.15, 0.2) is 28.8 Å². The van der Waals surface area contributed by atoms with Gasteiger partial charge in [-0.25, -0.2) is 0 Å². The molecule has 2 heterocycles. The van der Waals surface area contributed by atoms with Crippen molar-refractivity contribution in [2.45, 2.75) is 96.6 Å². The molecule has 3 unspecified atom stereocenters. The van der Waals surface area contributed by atoms with E-state index in [4.69, 9.17) is 4.99 Å². The summed E-state index contributed by atoms with van der Waals surface area (Å²) in [7, 11) is 2.17. The Kier molecular flexibility index (Phi) is 7.33. The van der Waals surface area contributed by atoms with Crippen LogP contribution in [0.1, 0.15) is 112 Å². The fourth-order valence-corrected chi connectivity index (χ4v) is 6.42. The van der Waals surface area contributed by atoms with Crippen molar-refractivity contribution in [3.63, 3.8) is 0 Å². The van der Waals surface area contributed by atoms with E-state index >= 15 is 0 Å². The molecule has 3 aliphatic rings. The Labute approximate surface area is 200 Å². The highest BCUT2D eigenvalue weighted by molar-refractivity contribution is 5.66. The summed E-state index contributed by atoms with van der Waals surface area (Å²) in [5.41, 5.74) is 6.34. The molecule has 0 radical (unpaired) electrons. The summed E-state index contributed by atoms with van der Waals surface area (Å²) in [5.74, 6) is 0.781. The molecule has 0 aromatic heterocycles. The second kappa shape index (κ2) is 10.0. The maximum Gasteiger partial charge on any atom is 0.128 e. The lowest BCUT2D eigenvalue weighted by molar-refractivity contribution is 0.303. The van der Waals surface area contributed by atoms with Crippen LogP contribution in [0.2, 0.25) is 0 Å². The largest absolute Gasteiger partial charge is 0.507 e. The molecule has 2 aliphatic heterocycles. The molecule has 4 rings (SSSR count). The third kappa shape index (κ3) is 4.51. The average Bonchev–Trinajstić information content (AvgIpc) is 3.51. The minimum Gasteiger partial charge on any atom is -0.507 e. The highest BCUT2D eigenvalue weighted by atomic mass is 16.3. The lowest BCUT2D eigenvalue weighted by Crippen LogP contribution is -2.21. The molecular weight excluding hydrogens is 408 g/mol. The molecule has 1 aromatic rings. The molecule has 1 aromatic carbocycles. The molecule has 4 heteroatoms. The molecular formula is C29H42N2O2. The number of rotatable bonds is 8. The Balaban J connectivity index is 1.96. The van der Waals surface area contributed by atoms with E-state index in [-0.39, 0.29) is 29.7 Å². The number of allylic oxidation sites excluding steroid dienone is 3. The fraction of sp³-hybridized carbons (Fsp3) is 0.621. The van der Waals surface area contributed by atoms with Crippen molar-refractivity contribution in [1.29, 1.82) is 0 Å². The van der Waals surface area contributed by atoms with E-state index in [9.17, 15) is 10.2 Å². The molecule has 0 saturated carbocycles. The second-order valence-corrected chi connectivity index (χ2v) is 10.6. The fourth-order valence-electron chi connectivity index (χ4n) is 6.42. The van der Waals surface area contributed by atoms with Crippen LogP contribution in [0.3, 0.4) is 0 Å². The van der Waals surface area contributed by atoms with Crippen LogP contribution in [0, 0.1) is 5.92 Å². The standard InChI is InChI=1S/C29H42N2O2/c1-6-7-8-11-20-25(23-12-9-14-30-23)28(32)27(22-17-19(4)16-21(22)18(2)3)29(33)26(20)24-13-10-15-31(24)5/h14,17,21-24,32-33H,2,6-13,15-16H2,1,3-5H3/t21?,22?,23?,24-/m0/s1. The van der Waals surface area contributed by atoms with Crippen LogP contribution in [0.5, 0.6) is 11.5 Å². The number of aromatic hydroxyl groups is 2. The van der Waals surface area contributed by atoms with Crippen molar-refractivity contribution < 1.29 is 10.2 Å². The predicted molar refractivity (Wildman–Crippen MR) is 137 cm³/mol. The zero-order valence-electron chi connectivity index (χ0n) is 21.0. The van der Waals surface area contributed by atoms with E-state index in [2.05, 4.69) is 45.4 Å². The van der Waals surface area contributed by atoms with Gasteiger partial charge in [0.25, 0.3) is 0 Å². The van der Waals surface area contributed by atoms with Crippen molar-refractivity contribution in [1.82, 2.24) is 4.90 Å². The lowest BCUT2D eigenvalue weighted by Gasteiger charge is -2.32. The zero-order chi connectivity index (χ0) is 23.7. The minimum absolute atomic E-state index is 0.0128. The number of hydrogen-bond donors (Lipinski definition) is 2. The normalized spacial score (nSPS) is 27.5. The van der Waals surface area contributed by atoms with Crippen LogP contribution in [0.4, 0.5) is 0 Å². The monoisotopic (exact) mass is 450 g/mol. The topological polar surface area (TPSA) is 56.1 Å². The van der Waals surface area contributed by atoms with Crippen molar-refractivity contribution >= 4 is 6.21 Å². The van der Waals surface area contributed by atoms with Crippen molar-refractivity contribution in [2.75, 3.05) is 13.6 Å². The average molecular weight is 451 g/mol. The first-order valence-corrected chi connectivity index (χ1v) is 13.0. The number of phenols is 2. The summed E-state index contributed by atoms with van der Waals surface area (Å²) < 4.78 is 0. The number of nitrogens with zero attached hydrogens (tertiary/aromatic N) is 2. The molecule has 4 atom stereocenters. The summed E-state index contributed by atoms with van der Waals surface area (Å²) >= 11 is 0. The number of benzene rings is 1. The molecule has 1 aliphatic carbocycles. The van der Waals surface area contributed by atoms with Crippen molar-refractivity contribution in [3.8, 4) is 11.5 Å². The molecule has 1 fully saturated rings. The maximum absolute atomic E-state index is 11.9. The molecule has 4 nitrogen and oxygen atoms in total. The third-order valence-electron chi connectivity index (χ3n) is 8.15. The number of aliphatic imine (C=N–C) groups is 1. The highest BCUT2D eigenvalue weighted by Gasteiger charge is 2.39. The summed E-state index contributed by atoms with van der Waals surface area (Å²) in [4.78, 5) is 7.18. The Morgan fingerprint density at radius 1 is 1.15 bits per heavy atom. The van der Waals surface area contributed by atoms with Crippen LogP contribution in [-0.4, -0.2) is 34.9 Å². The van der Waals surface area contributed by atoms with Gasteiger partial charge in [-0.1, -0.05) is 43.6 Å². The minimum atomic E-state index is -0.0400. The zero-order valence-corrected chi connectivity index (χ0v) is 21.0. The number of hydrogen-bond acceptors (Lipinski definition) is 4.